The normalized spacial score (nSPS) is 28.1. The van der Waals surface area contributed by atoms with Crippen LogP contribution in [-0.4, -0.2) is 23.3 Å². The van der Waals surface area contributed by atoms with Crippen LogP contribution < -0.4 is 5.32 Å². The lowest BCUT2D eigenvalue weighted by Crippen LogP contribution is -2.44. The van der Waals surface area contributed by atoms with E-state index in [4.69, 9.17) is 0 Å². The maximum Gasteiger partial charge on any atom is 0.0771 e. The molecule has 2 N–H and O–H groups in total. The summed E-state index contributed by atoms with van der Waals surface area (Å²) in [5.41, 5.74) is -0.386. The van der Waals surface area contributed by atoms with Crippen molar-refractivity contribution in [2.75, 3.05) is 6.54 Å². The van der Waals surface area contributed by atoms with Crippen LogP contribution in [0.15, 0.2) is 0 Å². The fourth-order valence-electron chi connectivity index (χ4n) is 3.36. The van der Waals surface area contributed by atoms with Gasteiger partial charge in [-0.1, -0.05) is 32.1 Å². The van der Waals surface area contributed by atoms with E-state index in [0.717, 1.165) is 25.3 Å². The van der Waals surface area contributed by atoms with Crippen LogP contribution >= 0.6 is 0 Å². The summed E-state index contributed by atoms with van der Waals surface area (Å²) in [7, 11) is 0. The standard InChI is InChI=1S/C14H27NO/c1-12(13-7-3-2-4-8-13)15-11-14(16)9-5-6-10-14/h12-13,15-16H,2-11H2,1H3/t12-/m0/s1. The summed E-state index contributed by atoms with van der Waals surface area (Å²) in [5, 5.41) is 13.9. The Morgan fingerprint density at radius 2 is 1.75 bits per heavy atom. The monoisotopic (exact) mass is 225 g/mol. The predicted molar refractivity (Wildman–Crippen MR) is 67.5 cm³/mol. The van der Waals surface area contributed by atoms with Gasteiger partial charge in [-0.15, -0.1) is 0 Å². The highest BCUT2D eigenvalue weighted by molar-refractivity contribution is 4.88. The smallest absolute Gasteiger partial charge is 0.0771 e. The number of nitrogens with one attached hydrogen (secondary N) is 1. The zero-order chi connectivity index (χ0) is 11.4. The molecule has 0 amide bonds. The molecule has 2 aliphatic rings. The lowest BCUT2D eigenvalue weighted by Gasteiger charge is -2.31. The van der Waals surface area contributed by atoms with Crippen molar-refractivity contribution >= 4 is 0 Å². The summed E-state index contributed by atoms with van der Waals surface area (Å²) in [6.45, 7) is 3.11. The Balaban J connectivity index is 1.71. The lowest BCUT2D eigenvalue weighted by atomic mass is 9.84. The van der Waals surface area contributed by atoms with Gasteiger partial charge in [-0.2, -0.15) is 0 Å². The molecule has 2 heteroatoms. The van der Waals surface area contributed by atoms with E-state index < -0.39 is 0 Å². The molecule has 0 aliphatic heterocycles. The highest BCUT2D eigenvalue weighted by Crippen LogP contribution is 2.30. The highest BCUT2D eigenvalue weighted by Gasteiger charge is 2.31. The second-order valence-corrected chi connectivity index (χ2v) is 6.00. The number of aliphatic hydroxyl groups is 1. The van der Waals surface area contributed by atoms with Crippen LogP contribution in [-0.2, 0) is 0 Å². The molecule has 0 bridgehead atoms. The minimum Gasteiger partial charge on any atom is -0.389 e. The van der Waals surface area contributed by atoms with Crippen molar-refractivity contribution in [2.24, 2.45) is 5.92 Å². The van der Waals surface area contributed by atoms with Crippen molar-refractivity contribution in [1.29, 1.82) is 0 Å². The zero-order valence-electron chi connectivity index (χ0n) is 10.7. The van der Waals surface area contributed by atoms with E-state index in [-0.39, 0.29) is 5.60 Å². The SMILES string of the molecule is C[C@H](NCC1(O)CCCC1)C1CCCCC1. The Morgan fingerprint density at radius 3 is 2.38 bits per heavy atom. The van der Waals surface area contributed by atoms with Crippen LogP contribution in [0.2, 0.25) is 0 Å². The van der Waals surface area contributed by atoms with E-state index >= 15 is 0 Å². The van der Waals surface area contributed by atoms with Crippen LogP contribution in [0.3, 0.4) is 0 Å². The molecule has 0 saturated heterocycles. The molecule has 94 valence electrons. The van der Waals surface area contributed by atoms with E-state index in [2.05, 4.69) is 12.2 Å². The van der Waals surface area contributed by atoms with Crippen LogP contribution in [0.25, 0.3) is 0 Å². The second-order valence-electron chi connectivity index (χ2n) is 6.00. The summed E-state index contributed by atoms with van der Waals surface area (Å²) >= 11 is 0. The van der Waals surface area contributed by atoms with Crippen molar-refractivity contribution in [1.82, 2.24) is 5.32 Å². The first-order chi connectivity index (χ1) is 7.70. The lowest BCUT2D eigenvalue weighted by molar-refractivity contribution is 0.0423. The third-order valence-corrected chi connectivity index (χ3v) is 4.64. The molecule has 0 aromatic rings. The zero-order valence-corrected chi connectivity index (χ0v) is 10.7. The van der Waals surface area contributed by atoms with Crippen LogP contribution in [0, 0.1) is 5.92 Å². The fraction of sp³-hybridized carbons (Fsp3) is 1.00. The van der Waals surface area contributed by atoms with Crippen molar-refractivity contribution in [2.45, 2.75) is 76.4 Å². The molecular weight excluding hydrogens is 198 g/mol. The Labute approximate surface area is 99.8 Å². The maximum atomic E-state index is 10.3. The predicted octanol–water partition coefficient (Wildman–Crippen LogP) is 2.85. The van der Waals surface area contributed by atoms with E-state index in [1.54, 1.807) is 0 Å². The average molecular weight is 225 g/mol. The molecule has 2 saturated carbocycles. The van der Waals surface area contributed by atoms with Gasteiger partial charge in [-0.05, 0) is 38.5 Å². The Hall–Kier alpha value is -0.0800. The molecular formula is C14H27NO. The average Bonchev–Trinajstić information content (AvgIpc) is 2.75. The summed E-state index contributed by atoms with van der Waals surface area (Å²) in [5.74, 6) is 0.846. The van der Waals surface area contributed by atoms with Gasteiger partial charge in [-0.3, -0.25) is 0 Å². The Kier molecular flexibility index (Phi) is 4.26. The molecule has 0 aromatic heterocycles. The maximum absolute atomic E-state index is 10.3. The molecule has 0 aromatic carbocycles. The van der Waals surface area contributed by atoms with Gasteiger partial charge in [0.25, 0.3) is 0 Å². The Morgan fingerprint density at radius 1 is 1.12 bits per heavy atom. The van der Waals surface area contributed by atoms with Crippen molar-refractivity contribution in [3.8, 4) is 0 Å². The molecule has 2 nitrogen and oxygen atoms in total. The summed E-state index contributed by atoms with van der Waals surface area (Å²) in [6.07, 6.45) is 11.4. The van der Waals surface area contributed by atoms with Crippen LogP contribution in [0.1, 0.15) is 64.7 Å². The van der Waals surface area contributed by atoms with E-state index in [1.807, 2.05) is 0 Å². The number of hydrogen-bond donors (Lipinski definition) is 2. The topological polar surface area (TPSA) is 32.3 Å². The number of hydrogen-bond acceptors (Lipinski definition) is 2. The third kappa shape index (κ3) is 3.21. The quantitative estimate of drug-likeness (QED) is 0.771. The molecule has 1 atom stereocenters. The van der Waals surface area contributed by atoms with Gasteiger partial charge in [0, 0.05) is 12.6 Å². The van der Waals surface area contributed by atoms with Gasteiger partial charge in [0.1, 0.15) is 0 Å². The molecule has 16 heavy (non-hydrogen) atoms. The first kappa shape index (κ1) is 12.4. The number of rotatable bonds is 4. The molecule has 0 unspecified atom stereocenters. The summed E-state index contributed by atoms with van der Waals surface area (Å²) < 4.78 is 0. The minimum absolute atomic E-state index is 0.386. The van der Waals surface area contributed by atoms with Gasteiger partial charge in [0.05, 0.1) is 5.60 Å². The summed E-state index contributed by atoms with van der Waals surface area (Å²) in [4.78, 5) is 0. The van der Waals surface area contributed by atoms with E-state index in [1.165, 1.54) is 44.9 Å². The van der Waals surface area contributed by atoms with Gasteiger partial charge >= 0.3 is 0 Å². The van der Waals surface area contributed by atoms with Gasteiger partial charge in [-0.25, -0.2) is 0 Å². The van der Waals surface area contributed by atoms with Crippen LogP contribution in [0.4, 0.5) is 0 Å². The highest BCUT2D eigenvalue weighted by atomic mass is 16.3. The molecule has 2 rings (SSSR count). The first-order valence-electron chi connectivity index (χ1n) is 7.15. The second kappa shape index (κ2) is 5.50. The largest absolute Gasteiger partial charge is 0.389 e. The van der Waals surface area contributed by atoms with Gasteiger partial charge in [0.15, 0.2) is 0 Å². The van der Waals surface area contributed by atoms with Gasteiger partial charge in [0.2, 0.25) is 0 Å². The van der Waals surface area contributed by atoms with Crippen molar-refractivity contribution < 1.29 is 5.11 Å². The third-order valence-electron chi connectivity index (χ3n) is 4.64. The van der Waals surface area contributed by atoms with E-state index in [0.29, 0.717) is 6.04 Å². The fourth-order valence-corrected chi connectivity index (χ4v) is 3.36. The molecule has 0 heterocycles. The molecule has 2 fully saturated rings. The van der Waals surface area contributed by atoms with Crippen molar-refractivity contribution in [3.05, 3.63) is 0 Å². The van der Waals surface area contributed by atoms with Gasteiger partial charge < -0.3 is 10.4 Å². The Bertz CT molecular complexity index is 205. The minimum atomic E-state index is -0.386. The summed E-state index contributed by atoms with van der Waals surface area (Å²) in [6, 6.07) is 0.588. The van der Waals surface area contributed by atoms with E-state index in [9.17, 15) is 5.11 Å². The molecule has 0 radical (unpaired) electrons. The van der Waals surface area contributed by atoms with Crippen LogP contribution in [0.5, 0.6) is 0 Å². The van der Waals surface area contributed by atoms with Crippen molar-refractivity contribution in [3.63, 3.8) is 0 Å². The first-order valence-corrected chi connectivity index (χ1v) is 7.15. The molecule has 0 spiro atoms. The molecule has 2 aliphatic carbocycles.